The Morgan fingerprint density at radius 1 is 0.457 bits per heavy atom. The number of carbonyl (C=O) groups is 2. The zero-order valence-electron chi connectivity index (χ0n) is 31.3. The summed E-state index contributed by atoms with van der Waals surface area (Å²) in [4.78, 5) is 25.2. The van der Waals surface area contributed by atoms with Gasteiger partial charge in [0, 0.05) is 13.0 Å². The van der Waals surface area contributed by atoms with Gasteiger partial charge < -0.3 is 10.6 Å². The van der Waals surface area contributed by atoms with Gasteiger partial charge in [-0.1, -0.05) is 167 Å². The second kappa shape index (κ2) is 37.9. The molecular formula is C42H80N2O2. The summed E-state index contributed by atoms with van der Waals surface area (Å²) in [6, 6.07) is -0.385. The number of carbonyl (C=O) groups excluding carboxylic acids is 2. The summed E-state index contributed by atoms with van der Waals surface area (Å²) in [5, 5.41) is 5.96. The number of hydrogen-bond acceptors (Lipinski definition) is 2. The molecular weight excluding hydrogens is 564 g/mol. The lowest BCUT2D eigenvalue weighted by atomic mass is 10.0. The van der Waals surface area contributed by atoms with Gasteiger partial charge in [0.05, 0.1) is 0 Å². The zero-order chi connectivity index (χ0) is 33.6. The van der Waals surface area contributed by atoms with Gasteiger partial charge in [-0.15, -0.1) is 0 Å². The number of allylic oxidation sites excluding steroid dienone is 4. The molecule has 0 rings (SSSR count). The summed E-state index contributed by atoms with van der Waals surface area (Å²) in [5.41, 5.74) is 0. The summed E-state index contributed by atoms with van der Waals surface area (Å²) in [6.07, 6.45) is 47.8. The second-order valence-corrected chi connectivity index (χ2v) is 13.8. The molecule has 0 aliphatic heterocycles. The van der Waals surface area contributed by atoms with Crippen molar-refractivity contribution in [2.24, 2.45) is 0 Å². The highest BCUT2D eigenvalue weighted by Gasteiger charge is 2.19. The van der Waals surface area contributed by atoms with Crippen LogP contribution in [0.2, 0.25) is 0 Å². The third-order valence-corrected chi connectivity index (χ3v) is 9.17. The first-order valence-corrected chi connectivity index (χ1v) is 20.5. The standard InChI is InChI=1S/C42H80N2O2/c1-4-7-9-11-13-15-17-19-21-22-23-25-26-28-30-32-34-36-38-40(42(46)43-6-3)44-41(45)39-37-35-33-31-29-27-24-20-18-16-14-12-10-8-5-2/h19-21,24,40H,4-18,22-23,25-39H2,1-3H3,(H,43,46)(H,44,45). The normalized spacial score (nSPS) is 12.3. The maximum absolute atomic E-state index is 12.6. The van der Waals surface area contributed by atoms with Crippen molar-refractivity contribution in [2.75, 3.05) is 6.54 Å². The monoisotopic (exact) mass is 645 g/mol. The fourth-order valence-electron chi connectivity index (χ4n) is 6.14. The van der Waals surface area contributed by atoms with Crippen LogP contribution in [0.15, 0.2) is 24.3 Å². The van der Waals surface area contributed by atoms with Crippen molar-refractivity contribution in [3.8, 4) is 0 Å². The SMILES string of the molecule is CCCCCCCCC=CCCCCCCCCCCC(NC(=O)CCCCCCCC=CCCCCCCCC)C(=O)NCC. The minimum absolute atomic E-state index is 0.0265. The lowest BCUT2D eigenvalue weighted by molar-refractivity contribution is -0.129. The van der Waals surface area contributed by atoms with Gasteiger partial charge in [-0.2, -0.15) is 0 Å². The molecule has 0 aliphatic rings. The minimum Gasteiger partial charge on any atom is -0.355 e. The molecule has 0 aromatic heterocycles. The Bertz CT molecular complexity index is 702. The van der Waals surface area contributed by atoms with Crippen LogP contribution in [-0.2, 0) is 9.59 Å². The summed E-state index contributed by atoms with van der Waals surface area (Å²) in [5.74, 6) is 0.00700. The topological polar surface area (TPSA) is 58.2 Å². The molecule has 0 heterocycles. The third kappa shape index (κ3) is 33.8. The molecule has 0 aromatic rings. The zero-order valence-corrected chi connectivity index (χ0v) is 31.3. The third-order valence-electron chi connectivity index (χ3n) is 9.17. The quantitative estimate of drug-likeness (QED) is 0.0526. The van der Waals surface area contributed by atoms with Crippen molar-refractivity contribution in [3.05, 3.63) is 24.3 Å². The average molecular weight is 645 g/mol. The number of rotatable bonds is 36. The molecule has 0 spiro atoms. The van der Waals surface area contributed by atoms with Gasteiger partial charge in [-0.3, -0.25) is 9.59 Å². The molecule has 4 nitrogen and oxygen atoms in total. The van der Waals surface area contributed by atoms with E-state index in [1.807, 2.05) is 6.92 Å². The van der Waals surface area contributed by atoms with Gasteiger partial charge >= 0.3 is 0 Å². The van der Waals surface area contributed by atoms with Crippen LogP contribution in [-0.4, -0.2) is 24.4 Å². The van der Waals surface area contributed by atoms with Crippen LogP contribution >= 0.6 is 0 Å². The number of amides is 2. The van der Waals surface area contributed by atoms with E-state index in [1.165, 1.54) is 161 Å². The fraction of sp³-hybridized carbons (Fsp3) is 0.857. The predicted octanol–water partition coefficient (Wildman–Crippen LogP) is 12.9. The van der Waals surface area contributed by atoms with Crippen LogP contribution in [0.5, 0.6) is 0 Å². The van der Waals surface area contributed by atoms with Crippen molar-refractivity contribution in [2.45, 2.75) is 226 Å². The van der Waals surface area contributed by atoms with E-state index < -0.39 is 0 Å². The highest BCUT2D eigenvalue weighted by Crippen LogP contribution is 2.14. The number of unbranched alkanes of at least 4 members (excludes halogenated alkanes) is 25. The summed E-state index contributed by atoms with van der Waals surface area (Å²) < 4.78 is 0. The van der Waals surface area contributed by atoms with Crippen molar-refractivity contribution in [1.29, 1.82) is 0 Å². The molecule has 1 atom stereocenters. The Labute approximate surface area is 288 Å². The Kier molecular flexibility index (Phi) is 36.6. The fourth-order valence-corrected chi connectivity index (χ4v) is 6.14. The summed E-state index contributed by atoms with van der Waals surface area (Å²) in [7, 11) is 0. The Balaban J connectivity index is 3.77. The molecule has 0 fully saturated rings. The predicted molar refractivity (Wildman–Crippen MR) is 203 cm³/mol. The number of hydrogen-bond donors (Lipinski definition) is 2. The number of nitrogens with one attached hydrogen (secondary N) is 2. The van der Waals surface area contributed by atoms with Crippen molar-refractivity contribution >= 4 is 11.8 Å². The van der Waals surface area contributed by atoms with E-state index in [2.05, 4.69) is 48.8 Å². The van der Waals surface area contributed by atoms with Crippen LogP contribution < -0.4 is 10.6 Å². The van der Waals surface area contributed by atoms with Crippen molar-refractivity contribution in [3.63, 3.8) is 0 Å². The first kappa shape index (κ1) is 44.4. The van der Waals surface area contributed by atoms with E-state index in [1.54, 1.807) is 0 Å². The maximum Gasteiger partial charge on any atom is 0.242 e. The average Bonchev–Trinajstić information content (AvgIpc) is 3.05. The molecule has 0 saturated heterocycles. The summed E-state index contributed by atoms with van der Waals surface area (Å²) in [6.45, 7) is 7.09. The first-order chi connectivity index (χ1) is 22.7. The molecule has 1 unspecified atom stereocenters. The first-order valence-electron chi connectivity index (χ1n) is 20.5. The van der Waals surface area contributed by atoms with E-state index in [9.17, 15) is 9.59 Å². The summed E-state index contributed by atoms with van der Waals surface area (Å²) >= 11 is 0. The molecule has 46 heavy (non-hydrogen) atoms. The van der Waals surface area contributed by atoms with Crippen LogP contribution in [0.1, 0.15) is 220 Å². The lowest BCUT2D eigenvalue weighted by Gasteiger charge is -2.18. The minimum atomic E-state index is -0.385. The van der Waals surface area contributed by atoms with Crippen LogP contribution in [0.3, 0.4) is 0 Å². The van der Waals surface area contributed by atoms with E-state index in [4.69, 9.17) is 0 Å². The second-order valence-electron chi connectivity index (χ2n) is 13.8. The van der Waals surface area contributed by atoms with E-state index >= 15 is 0 Å². The van der Waals surface area contributed by atoms with Crippen LogP contribution in [0, 0.1) is 0 Å². The van der Waals surface area contributed by atoms with Gasteiger partial charge in [0.2, 0.25) is 11.8 Å². The van der Waals surface area contributed by atoms with Crippen LogP contribution in [0.4, 0.5) is 0 Å². The number of likely N-dealkylation sites (N-methyl/N-ethyl adjacent to an activating group) is 1. The molecule has 0 radical (unpaired) electrons. The van der Waals surface area contributed by atoms with Gasteiger partial charge in [0.15, 0.2) is 0 Å². The molecule has 0 bridgehead atoms. The smallest absolute Gasteiger partial charge is 0.242 e. The Morgan fingerprint density at radius 2 is 0.804 bits per heavy atom. The Morgan fingerprint density at radius 3 is 1.20 bits per heavy atom. The maximum atomic E-state index is 12.6. The van der Waals surface area contributed by atoms with Gasteiger partial charge in [0.1, 0.15) is 6.04 Å². The van der Waals surface area contributed by atoms with Gasteiger partial charge in [-0.05, 0) is 71.1 Å². The molecule has 270 valence electrons. The molecule has 2 amide bonds. The van der Waals surface area contributed by atoms with E-state index in [0.29, 0.717) is 13.0 Å². The van der Waals surface area contributed by atoms with Gasteiger partial charge in [0.25, 0.3) is 0 Å². The van der Waals surface area contributed by atoms with E-state index in [0.717, 1.165) is 32.1 Å². The van der Waals surface area contributed by atoms with E-state index in [-0.39, 0.29) is 17.9 Å². The molecule has 0 aromatic carbocycles. The molecule has 2 N–H and O–H groups in total. The highest BCUT2D eigenvalue weighted by molar-refractivity contribution is 5.87. The largest absolute Gasteiger partial charge is 0.355 e. The molecule has 0 saturated carbocycles. The lowest BCUT2D eigenvalue weighted by Crippen LogP contribution is -2.46. The Hall–Kier alpha value is -1.58. The van der Waals surface area contributed by atoms with Crippen molar-refractivity contribution < 1.29 is 9.59 Å². The highest BCUT2D eigenvalue weighted by atomic mass is 16.2. The van der Waals surface area contributed by atoms with Gasteiger partial charge in [-0.25, -0.2) is 0 Å². The molecule has 4 heteroatoms. The van der Waals surface area contributed by atoms with Crippen molar-refractivity contribution in [1.82, 2.24) is 10.6 Å². The van der Waals surface area contributed by atoms with Crippen LogP contribution in [0.25, 0.3) is 0 Å². The molecule has 0 aliphatic carbocycles.